The summed E-state index contributed by atoms with van der Waals surface area (Å²) < 4.78 is 0. The van der Waals surface area contributed by atoms with Gasteiger partial charge in [0, 0.05) is 18.8 Å². The molecule has 0 aromatic heterocycles. The minimum absolute atomic E-state index is 0.102. The van der Waals surface area contributed by atoms with E-state index in [1.54, 1.807) is 7.05 Å². The van der Waals surface area contributed by atoms with Crippen LogP contribution >= 0.6 is 12.6 Å². The number of carbonyl (C=O) groups is 3. The van der Waals surface area contributed by atoms with Crippen molar-refractivity contribution in [3.8, 4) is 0 Å². The van der Waals surface area contributed by atoms with Gasteiger partial charge in [-0.2, -0.15) is 12.6 Å². The summed E-state index contributed by atoms with van der Waals surface area (Å²) in [7, 11) is 1.62. The molecule has 0 spiro atoms. The molecule has 0 saturated carbocycles. The van der Waals surface area contributed by atoms with E-state index in [9.17, 15) is 14.4 Å². The third-order valence-corrected chi connectivity index (χ3v) is 2.79. The Hall–Kier alpha value is -1.28. The summed E-state index contributed by atoms with van der Waals surface area (Å²) >= 11 is 3.98. The summed E-state index contributed by atoms with van der Waals surface area (Å²) in [6, 6.07) is -0.720. The lowest BCUT2D eigenvalue weighted by Gasteiger charge is -2.22. The van der Waals surface area contributed by atoms with E-state index in [-0.39, 0.29) is 25.8 Å². The molecule has 0 aromatic rings. The fraction of sp³-hybridized carbons (Fsp3) is 0.700. The van der Waals surface area contributed by atoms with E-state index < -0.39 is 23.9 Å². The standard InChI is InChI=1S/C10H18N2O5S/c1-12(6-18)7(10(16)17)4-5-11-8(13)2-3-9(14)15/h7,18H,2-6H2,1H3,(H,11,13)(H,14,15)(H,16,17)/t7-/m0/s1. The normalized spacial score (nSPS) is 12.2. The van der Waals surface area contributed by atoms with Crippen molar-refractivity contribution in [3.05, 3.63) is 0 Å². The highest BCUT2D eigenvalue weighted by molar-refractivity contribution is 7.80. The quantitative estimate of drug-likeness (QED) is 0.339. The number of amides is 1. The molecule has 7 nitrogen and oxygen atoms in total. The van der Waals surface area contributed by atoms with Crippen molar-refractivity contribution in [2.75, 3.05) is 19.5 Å². The number of carbonyl (C=O) groups excluding carboxylic acids is 1. The maximum absolute atomic E-state index is 11.2. The zero-order valence-electron chi connectivity index (χ0n) is 10.1. The SMILES string of the molecule is CN(CS)[C@@H](CCNC(=O)CCC(=O)O)C(=O)O. The number of carboxylic acids is 2. The van der Waals surface area contributed by atoms with Crippen LogP contribution in [0.4, 0.5) is 0 Å². The molecule has 0 aliphatic rings. The van der Waals surface area contributed by atoms with Crippen LogP contribution in [0.1, 0.15) is 19.3 Å². The molecule has 0 unspecified atom stereocenters. The van der Waals surface area contributed by atoms with Crippen LogP contribution in [-0.4, -0.2) is 58.5 Å². The first-order chi connectivity index (χ1) is 8.38. The highest BCUT2D eigenvalue weighted by Gasteiger charge is 2.21. The molecule has 3 N–H and O–H groups in total. The van der Waals surface area contributed by atoms with Crippen LogP contribution < -0.4 is 5.32 Å². The summed E-state index contributed by atoms with van der Waals surface area (Å²) in [5, 5.41) is 19.8. The highest BCUT2D eigenvalue weighted by atomic mass is 32.1. The van der Waals surface area contributed by atoms with Crippen LogP contribution in [0.25, 0.3) is 0 Å². The second-order valence-corrected chi connectivity index (χ2v) is 4.07. The molecule has 1 atom stereocenters. The van der Waals surface area contributed by atoms with Crippen LogP contribution in [0.15, 0.2) is 0 Å². The van der Waals surface area contributed by atoms with Gasteiger partial charge in [-0.25, -0.2) is 0 Å². The number of carboxylic acid groups (broad SMARTS) is 2. The Morgan fingerprint density at radius 2 is 1.89 bits per heavy atom. The Balaban J connectivity index is 3.96. The molecule has 1 amide bonds. The largest absolute Gasteiger partial charge is 0.481 e. The van der Waals surface area contributed by atoms with Crippen molar-refractivity contribution in [2.24, 2.45) is 0 Å². The first-order valence-corrected chi connectivity index (χ1v) is 6.04. The molecule has 18 heavy (non-hydrogen) atoms. The lowest BCUT2D eigenvalue weighted by Crippen LogP contribution is -2.40. The molecule has 0 rings (SSSR count). The monoisotopic (exact) mass is 278 g/mol. The zero-order chi connectivity index (χ0) is 14.1. The molecule has 0 fully saturated rings. The van der Waals surface area contributed by atoms with Crippen LogP contribution in [0.5, 0.6) is 0 Å². The lowest BCUT2D eigenvalue weighted by molar-refractivity contribution is -0.142. The van der Waals surface area contributed by atoms with Gasteiger partial charge in [-0.05, 0) is 13.5 Å². The Labute approximate surface area is 111 Å². The van der Waals surface area contributed by atoms with E-state index in [4.69, 9.17) is 10.2 Å². The van der Waals surface area contributed by atoms with Gasteiger partial charge >= 0.3 is 11.9 Å². The maximum atomic E-state index is 11.2. The predicted octanol–water partition coefficient (Wildman–Crippen LogP) is -0.370. The first kappa shape index (κ1) is 16.7. The average molecular weight is 278 g/mol. The number of likely N-dealkylation sites (N-methyl/N-ethyl adjacent to an activating group) is 1. The van der Waals surface area contributed by atoms with E-state index in [0.29, 0.717) is 5.88 Å². The Morgan fingerprint density at radius 3 is 2.33 bits per heavy atom. The number of hydrogen-bond acceptors (Lipinski definition) is 5. The van der Waals surface area contributed by atoms with Crippen molar-refractivity contribution in [1.29, 1.82) is 0 Å². The van der Waals surface area contributed by atoms with E-state index in [0.717, 1.165) is 0 Å². The summed E-state index contributed by atoms with van der Waals surface area (Å²) in [5.41, 5.74) is 0. The maximum Gasteiger partial charge on any atom is 0.321 e. The van der Waals surface area contributed by atoms with Crippen LogP contribution in [0.3, 0.4) is 0 Å². The first-order valence-electron chi connectivity index (χ1n) is 5.41. The van der Waals surface area contributed by atoms with Crippen molar-refractivity contribution < 1.29 is 24.6 Å². The number of hydrogen-bond donors (Lipinski definition) is 4. The molecule has 0 heterocycles. The van der Waals surface area contributed by atoms with Gasteiger partial charge in [-0.3, -0.25) is 19.3 Å². The Morgan fingerprint density at radius 1 is 1.28 bits per heavy atom. The molecule has 0 aromatic carbocycles. The van der Waals surface area contributed by atoms with Gasteiger partial charge < -0.3 is 15.5 Å². The fourth-order valence-corrected chi connectivity index (χ4v) is 1.49. The molecule has 104 valence electrons. The van der Waals surface area contributed by atoms with Crippen LogP contribution in [0, 0.1) is 0 Å². The predicted molar refractivity (Wildman–Crippen MR) is 67.5 cm³/mol. The van der Waals surface area contributed by atoms with E-state index in [1.807, 2.05) is 0 Å². The number of aliphatic carboxylic acids is 2. The minimum Gasteiger partial charge on any atom is -0.481 e. The van der Waals surface area contributed by atoms with Gasteiger partial charge in [0.15, 0.2) is 0 Å². The van der Waals surface area contributed by atoms with E-state index in [2.05, 4.69) is 17.9 Å². The topological polar surface area (TPSA) is 107 Å². The van der Waals surface area contributed by atoms with Crippen molar-refractivity contribution in [1.82, 2.24) is 10.2 Å². The summed E-state index contributed by atoms with van der Waals surface area (Å²) in [6.45, 7) is 0.188. The van der Waals surface area contributed by atoms with Crippen LogP contribution in [-0.2, 0) is 14.4 Å². The van der Waals surface area contributed by atoms with E-state index in [1.165, 1.54) is 4.90 Å². The summed E-state index contributed by atoms with van der Waals surface area (Å²) in [4.78, 5) is 33.9. The Bertz CT molecular complexity index is 311. The molecule has 0 saturated heterocycles. The molecule has 0 radical (unpaired) electrons. The van der Waals surface area contributed by atoms with Gasteiger partial charge in [0.05, 0.1) is 6.42 Å². The zero-order valence-corrected chi connectivity index (χ0v) is 11.0. The van der Waals surface area contributed by atoms with Crippen LogP contribution in [0.2, 0.25) is 0 Å². The molecule has 8 heteroatoms. The minimum atomic E-state index is -1.04. The van der Waals surface area contributed by atoms with Gasteiger partial charge in [0.25, 0.3) is 0 Å². The number of rotatable bonds is 9. The second kappa shape index (κ2) is 8.76. The van der Waals surface area contributed by atoms with Gasteiger partial charge in [0.2, 0.25) is 5.91 Å². The highest BCUT2D eigenvalue weighted by Crippen LogP contribution is 2.02. The fourth-order valence-electron chi connectivity index (χ4n) is 1.29. The molecule has 0 bridgehead atoms. The smallest absolute Gasteiger partial charge is 0.321 e. The number of nitrogens with one attached hydrogen (secondary N) is 1. The Kier molecular flexibility index (Phi) is 8.14. The van der Waals surface area contributed by atoms with E-state index >= 15 is 0 Å². The van der Waals surface area contributed by atoms with Crippen molar-refractivity contribution >= 4 is 30.5 Å². The summed E-state index contributed by atoms with van der Waals surface area (Å²) in [5.74, 6) is -2.12. The third kappa shape index (κ3) is 7.13. The molecule has 0 aliphatic heterocycles. The van der Waals surface area contributed by atoms with Gasteiger partial charge in [-0.15, -0.1) is 0 Å². The van der Waals surface area contributed by atoms with Crippen molar-refractivity contribution in [2.45, 2.75) is 25.3 Å². The molecule has 0 aliphatic carbocycles. The summed E-state index contributed by atoms with van der Waals surface area (Å²) in [6.07, 6.45) is -0.0918. The van der Waals surface area contributed by atoms with Crippen molar-refractivity contribution in [3.63, 3.8) is 0 Å². The van der Waals surface area contributed by atoms with Gasteiger partial charge in [0.1, 0.15) is 6.04 Å². The third-order valence-electron chi connectivity index (χ3n) is 2.35. The second-order valence-electron chi connectivity index (χ2n) is 3.78. The molecular formula is C10H18N2O5S. The number of nitrogens with zero attached hydrogens (tertiary/aromatic N) is 1. The number of thiol groups is 1. The lowest BCUT2D eigenvalue weighted by atomic mass is 10.2. The van der Waals surface area contributed by atoms with Gasteiger partial charge in [-0.1, -0.05) is 0 Å². The average Bonchev–Trinajstić information content (AvgIpc) is 2.30. The molecular weight excluding hydrogens is 260 g/mol.